The number of benzene rings is 2. The van der Waals surface area contributed by atoms with Crippen LogP contribution in [0.3, 0.4) is 0 Å². The van der Waals surface area contributed by atoms with Crippen molar-refractivity contribution in [3.8, 4) is 5.75 Å². The molecular formula is C20H21ClN2O4. The summed E-state index contributed by atoms with van der Waals surface area (Å²) >= 11 is 6.00. The zero-order valence-corrected chi connectivity index (χ0v) is 15.7. The molecular weight excluding hydrogens is 368 g/mol. The van der Waals surface area contributed by atoms with Crippen molar-refractivity contribution >= 4 is 29.2 Å². The van der Waals surface area contributed by atoms with Crippen LogP contribution in [0.4, 0.5) is 5.69 Å². The second kappa shape index (κ2) is 8.88. The summed E-state index contributed by atoms with van der Waals surface area (Å²) in [5.74, 6) is -0.192. The smallest absolute Gasteiger partial charge is 0.323 e. The quantitative estimate of drug-likeness (QED) is 0.770. The largest absolute Gasteiger partial charge is 0.495 e. The van der Waals surface area contributed by atoms with E-state index in [1.807, 2.05) is 35.2 Å². The number of hydrogen-bond acceptors (Lipinski definition) is 5. The highest BCUT2D eigenvalue weighted by molar-refractivity contribution is 6.31. The zero-order chi connectivity index (χ0) is 19.2. The lowest BCUT2D eigenvalue weighted by atomic mass is 10.1. The molecule has 1 saturated heterocycles. The molecule has 0 radical (unpaired) electrons. The van der Waals surface area contributed by atoms with Crippen LogP contribution in [0, 0.1) is 0 Å². The number of anilines is 1. The third-order valence-corrected chi connectivity index (χ3v) is 4.61. The highest BCUT2D eigenvalue weighted by Crippen LogP contribution is 2.28. The molecule has 1 heterocycles. The van der Waals surface area contributed by atoms with E-state index in [2.05, 4.69) is 5.32 Å². The van der Waals surface area contributed by atoms with E-state index in [1.54, 1.807) is 18.2 Å². The normalized spacial score (nSPS) is 17.3. The molecule has 2 aromatic rings. The Morgan fingerprint density at radius 1 is 1.30 bits per heavy atom. The Labute approximate surface area is 163 Å². The van der Waals surface area contributed by atoms with E-state index in [-0.39, 0.29) is 18.3 Å². The summed E-state index contributed by atoms with van der Waals surface area (Å²) in [7, 11) is 1.51. The Morgan fingerprint density at radius 3 is 2.81 bits per heavy atom. The van der Waals surface area contributed by atoms with Gasteiger partial charge in [0.2, 0.25) is 5.91 Å². The average Bonchev–Trinajstić information content (AvgIpc) is 2.65. The number of morpholine rings is 1. The second-order valence-electron chi connectivity index (χ2n) is 6.24. The van der Waals surface area contributed by atoms with Crippen LogP contribution >= 0.6 is 11.6 Å². The number of rotatable bonds is 6. The van der Waals surface area contributed by atoms with Crippen LogP contribution in [0.15, 0.2) is 48.5 Å². The van der Waals surface area contributed by atoms with Gasteiger partial charge in [0.15, 0.2) is 0 Å². The molecule has 27 heavy (non-hydrogen) atoms. The summed E-state index contributed by atoms with van der Waals surface area (Å²) in [5, 5.41) is 3.25. The molecule has 0 saturated carbocycles. The molecule has 142 valence electrons. The third kappa shape index (κ3) is 4.99. The second-order valence-corrected chi connectivity index (χ2v) is 6.67. The van der Waals surface area contributed by atoms with Crippen LogP contribution in [-0.2, 0) is 20.9 Å². The van der Waals surface area contributed by atoms with E-state index in [1.165, 1.54) is 7.11 Å². The molecule has 1 N–H and O–H groups in total. The van der Waals surface area contributed by atoms with Gasteiger partial charge in [0.1, 0.15) is 18.4 Å². The van der Waals surface area contributed by atoms with Gasteiger partial charge in [-0.15, -0.1) is 0 Å². The molecule has 1 aliphatic rings. The van der Waals surface area contributed by atoms with Crippen LogP contribution in [0.2, 0.25) is 5.02 Å². The van der Waals surface area contributed by atoms with Gasteiger partial charge in [-0.1, -0.05) is 41.9 Å². The first kappa shape index (κ1) is 19.2. The van der Waals surface area contributed by atoms with E-state index in [4.69, 9.17) is 21.1 Å². The molecule has 6 nitrogen and oxygen atoms in total. The summed E-state index contributed by atoms with van der Waals surface area (Å²) in [5.41, 5.74) is 1.54. The molecule has 0 aromatic heterocycles. The summed E-state index contributed by atoms with van der Waals surface area (Å²) in [4.78, 5) is 26.8. The number of nitrogens with zero attached hydrogens (tertiary/aromatic N) is 1. The van der Waals surface area contributed by atoms with E-state index < -0.39 is 6.04 Å². The predicted octanol–water partition coefficient (Wildman–Crippen LogP) is 3.10. The number of halogens is 1. The Kier molecular flexibility index (Phi) is 6.32. The minimum Gasteiger partial charge on any atom is -0.495 e. The van der Waals surface area contributed by atoms with E-state index in [9.17, 15) is 9.59 Å². The van der Waals surface area contributed by atoms with Crippen molar-refractivity contribution in [1.29, 1.82) is 0 Å². The van der Waals surface area contributed by atoms with Gasteiger partial charge in [-0.25, -0.2) is 0 Å². The van der Waals surface area contributed by atoms with Gasteiger partial charge in [-0.05, 0) is 23.8 Å². The summed E-state index contributed by atoms with van der Waals surface area (Å²) in [6, 6.07) is 14.2. The standard InChI is InChI=1S/C20H21ClN2O4/c1-26-18-8-7-15(21)11-16(18)22-19(24)12-17-20(25)27-10-9-23(17)13-14-5-3-2-4-6-14/h2-8,11,17H,9-10,12-13H2,1H3,(H,22,24)/t17-/m1/s1. The van der Waals surface area contributed by atoms with Gasteiger partial charge in [0.25, 0.3) is 0 Å². The number of nitrogens with one attached hydrogen (secondary N) is 1. The number of methoxy groups -OCH3 is 1. The van der Waals surface area contributed by atoms with Crippen molar-refractivity contribution in [3.05, 3.63) is 59.1 Å². The molecule has 7 heteroatoms. The van der Waals surface area contributed by atoms with E-state index in [0.29, 0.717) is 36.2 Å². The molecule has 1 atom stereocenters. The van der Waals surface area contributed by atoms with Gasteiger partial charge in [0.05, 0.1) is 19.2 Å². The first-order valence-corrected chi connectivity index (χ1v) is 9.02. The number of carbonyl (C=O) groups is 2. The number of ether oxygens (including phenoxy) is 2. The lowest BCUT2D eigenvalue weighted by Gasteiger charge is -2.33. The van der Waals surface area contributed by atoms with Gasteiger partial charge < -0.3 is 14.8 Å². The van der Waals surface area contributed by atoms with Crippen LogP contribution in [0.25, 0.3) is 0 Å². The maximum absolute atomic E-state index is 12.6. The van der Waals surface area contributed by atoms with Gasteiger partial charge >= 0.3 is 5.97 Å². The number of esters is 1. The number of carbonyl (C=O) groups excluding carboxylic acids is 2. The molecule has 1 fully saturated rings. The van der Waals surface area contributed by atoms with Crippen molar-refractivity contribution in [2.45, 2.75) is 19.0 Å². The lowest BCUT2D eigenvalue weighted by Crippen LogP contribution is -2.49. The summed E-state index contributed by atoms with van der Waals surface area (Å²) < 4.78 is 10.4. The highest BCUT2D eigenvalue weighted by atomic mass is 35.5. The van der Waals surface area contributed by atoms with Crippen molar-refractivity contribution in [3.63, 3.8) is 0 Å². The molecule has 1 aliphatic heterocycles. The summed E-state index contributed by atoms with van der Waals surface area (Å²) in [6.07, 6.45) is -0.0126. The molecule has 3 rings (SSSR count). The van der Waals surface area contributed by atoms with Crippen molar-refractivity contribution in [2.75, 3.05) is 25.6 Å². The first-order chi connectivity index (χ1) is 13.1. The predicted molar refractivity (Wildman–Crippen MR) is 103 cm³/mol. The monoisotopic (exact) mass is 388 g/mol. The third-order valence-electron chi connectivity index (χ3n) is 4.38. The Balaban J connectivity index is 1.70. The molecule has 0 unspecified atom stereocenters. The minimum atomic E-state index is -0.635. The van der Waals surface area contributed by atoms with Gasteiger partial charge in [-0.2, -0.15) is 0 Å². The fraction of sp³-hybridized carbons (Fsp3) is 0.300. The molecule has 0 bridgehead atoms. The fourth-order valence-corrected chi connectivity index (χ4v) is 3.21. The van der Waals surface area contributed by atoms with Crippen LogP contribution in [0.5, 0.6) is 5.75 Å². The van der Waals surface area contributed by atoms with E-state index >= 15 is 0 Å². The maximum atomic E-state index is 12.6. The minimum absolute atomic E-state index is 0.0126. The SMILES string of the molecule is COc1ccc(Cl)cc1NC(=O)C[C@@H]1C(=O)OCCN1Cc1ccccc1. The van der Waals surface area contributed by atoms with Gasteiger partial charge in [0, 0.05) is 18.1 Å². The topological polar surface area (TPSA) is 67.9 Å². The van der Waals surface area contributed by atoms with Crippen molar-refractivity contribution in [1.82, 2.24) is 4.90 Å². The van der Waals surface area contributed by atoms with Crippen LogP contribution in [0.1, 0.15) is 12.0 Å². The molecule has 1 amide bonds. The molecule has 0 spiro atoms. The zero-order valence-electron chi connectivity index (χ0n) is 15.0. The fourth-order valence-electron chi connectivity index (χ4n) is 3.04. The first-order valence-electron chi connectivity index (χ1n) is 8.65. The molecule has 0 aliphatic carbocycles. The Morgan fingerprint density at radius 2 is 2.07 bits per heavy atom. The van der Waals surface area contributed by atoms with Crippen LogP contribution in [-0.4, -0.2) is 43.1 Å². The van der Waals surface area contributed by atoms with Crippen LogP contribution < -0.4 is 10.1 Å². The summed E-state index contributed by atoms with van der Waals surface area (Å²) in [6.45, 7) is 1.49. The van der Waals surface area contributed by atoms with Crippen molar-refractivity contribution in [2.24, 2.45) is 0 Å². The number of hydrogen-bond donors (Lipinski definition) is 1. The molecule has 2 aromatic carbocycles. The highest BCUT2D eigenvalue weighted by Gasteiger charge is 2.33. The Hall–Kier alpha value is -2.57. The number of cyclic esters (lactones) is 1. The van der Waals surface area contributed by atoms with E-state index in [0.717, 1.165) is 5.56 Å². The lowest BCUT2D eigenvalue weighted by molar-refractivity contribution is -0.159. The number of amides is 1. The average molecular weight is 389 g/mol. The van der Waals surface area contributed by atoms with Crippen molar-refractivity contribution < 1.29 is 19.1 Å². The Bertz CT molecular complexity index is 813. The maximum Gasteiger partial charge on any atom is 0.323 e. The van der Waals surface area contributed by atoms with Gasteiger partial charge in [-0.3, -0.25) is 14.5 Å².